The largest absolute Gasteiger partial charge is 0.378 e. The zero-order chi connectivity index (χ0) is 12.4. The Morgan fingerprint density at radius 2 is 2.17 bits per heavy atom. The second-order valence-corrected chi connectivity index (χ2v) is 6.86. The molecule has 5 atom stereocenters. The number of hydrogen-bond donors (Lipinski definition) is 1. The summed E-state index contributed by atoms with van der Waals surface area (Å²) < 4.78 is 5.67. The van der Waals surface area contributed by atoms with Gasteiger partial charge in [0.25, 0.3) is 0 Å². The van der Waals surface area contributed by atoms with E-state index in [9.17, 15) is 0 Å². The molecule has 1 heterocycles. The lowest BCUT2D eigenvalue weighted by Gasteiger charge is -2.28. The van der Waals surface area contributed by atoms with Gasteiger partial charge in [0, 0.05) is 12.6 Å². The average Bonchev–Trinajstić information content (AvgIpc) is 3.10. The predicted octanol–water partition coefficient (Wildman–Crippen LogP) is 3.36. The van der Waals surface area contributed by atoms with E-state index < -0.39 is 0 Å². The van der Waals surface area contributed by atoms with Crippen LogP contribution in [-0.4, -0.2) is 25.3 Å². The minimum atomic E-state index is 0.574. The Morgan fingerprint density at radius 1 is 1.22 bits per heavy atom. The highest BCUT2D eigenvalue weighted by atomic mass is 16.5. The molecule has 1 saturated heterocycles. The molecule has 3 rings (SSSR count). The second kappa shape index (κ2) is 5.92. The number of rotatable bonds is 6. The molecule has 0 aromatic carbocycles. The zero-order valence-corrected chi connectivity index (χ0v) is 11.9. The highest BCUT2D eigenvalue weighted by Crippen LogP contribution is 2.49. The SMILES string of the molecule is CC(NCCCC1CCCO1)C1CC2CCC1C2. The van der Waals surface area contributed by atoms with Crippen LogP contribution in [0.5, 0.6) is 0 Å². The molecule has 0 aromatic rings. The monoisotopic (exact) mass is 251 g/mol. The van der Waals surface area contributed by atoms with E-state index in [0.717, 1.165) is 30.4 Å². The molecular weight excluding hydrogens is 222 g/mol. The zero-order valence-electron chi connectivity index (χ0n) is 11.9. The van der Waals surface area contributed by atoms with Gasteiger partial charge in [-0.2, -0.15) is 0 Å². The van der Waals surface area contributed by atoms with Crippen molar-refractivity contribution in [2.45, 2.75) is 70.4 Å². The fraction of sp³-hybridized carbons (Fsp3) is 1.00. The molecule has 18 heavy (non-hydrogen) atoms. The van der Waals surface area contributed by atoms with Gasteiger partial charge in [0.05, 0.1) is 6.10 Å². The van der Waals surface area contributed by atoms with E-state index in [2.05, 4.69) is 12.2 Å². The van der Waals surface area contributed by atoms with Crippen LogP contribution in [0.2, 0.25) is 0 Å². The van der Waals surface area contributed by atoms with Crippen LogP contribution in [-0.2, 0) is 4.74 Å². The molecule has 2 nitrogen and oxygen atoms in total. The molecule has 2 saturated carbocycles. The fourth-order valence-electron chi connectivity index (χ4n) is 4.59. The number of ether oxygens (including phenoxy) is 1. The summed E-state index contributed by atoms with van der Waals surface area (Å²) in [6.07, 6.45) is 11.8. The quantitative estimate of drug-likeness (QED) is 0.731. The maximum Gasteiger partial charge on any atom is 0.0576 e. The first kappa shape index (κ1) is 12.9. The molecule has 2 aliphatic carbocycles. The van der Waals surface area contributed by atoms with Gasteiger partial charge in [-0.3, -0.25) is 0 Å². The number of nitrogens with one attached hydrogen (secondary N) is 1. The summed E-state index contributed by atoms with van der Waals surface area (Å²) >= 11 is 0. The van der Waals surface area contributed by atoms with Gasteiger partial charge in [0.1, 0.15) is 0 Å². The van der Waals surface area contributed by atoms with Crippen LogP contribution in [0.4, 0.5) is 0 Å². The predicted molar refractivity (Wildman–Crippen MR) is 74.6 cm³/mol. The van der Waals surface area contributed by atoms with E-state index in [4.69, 9.17) is 4.74 Å². The molecular formula is C16H29NO. The molecule has 1 N–H and O–H groups in total. The minimum Gasteiger partial charge on any atom is -0.378 e. The van der Waals surface area contributed by atoms with Gasteiger partial charge in [0.15, 0.2) is 0 Å². The molecule has 104 valence electrons. The van der Waals surface area contributed by atoms with Crippen molar-refractivity contribution in [3.63, 3.8) is 0 Å². The maximum absolute atomic E-state index is 5.67. The van der Waals surface area contributed by atoms with Crippen LogP contribution in [0.1, 0.15) is 58.3 Å². The van der Waals surface area contributed by atoms with E-state index in [-0.39, 0.29) is 0 Å². The van der Waals surface area contributed by atoms with Crippen molar-refractivity contribution in [1.82, 2.24) is 5.32 Å². The van der Waals surface area contributed by atoms with Crippen molar-refractivity contribution in [2.75, 3.05) is 13.2 Å². The van der Waals surface area contributed by atoms with E-state index in [1.165, 1.54) is 57.9 Å². The Kier molecular flexibility index (Phi) is 4.25. The third-order valence-corrected chi connectivity index (χ3v) is 5.63. The van der Waals surface area contributed by atoms with Crippen molar-refractivity contribution in [2.24, 2.45) is 17.8 Å². The first-order valence-electron chi connectivity index (χ1n) is 8.18. The van der Waals surface area contributed by atoms with E-state index in [1.54, 1.807) is 0 Å². The molecule has 0 spiro atoms. The molecule has 2 bridgehead atoms. The van der Waals surface area contributed by atoms with Crippen molar-refractivity contribution in [1.29, 1.82) is 0 Å². The Labute approximate surface area is 112 Å². The Bertz CT molecular complexity index is 262. The van der Waals surface area contributed by atoms with Crippen molar-refractivity contribution in [3.05, 3.63) is 0 Å². The molecule has 3 fully saturated rings. The average molecular weight is 251 g/mol. The highest BCUT2D eigenvalue weighted by Gasteiger charge is 2.41. The van der Waals surface area contributed by atoms with E-state index in [0.29, 0.717) is 6.10 Å². The second-order valence-electron chi connectivity index (χ2n) is 6.86. The smallest absolute Gasteiger partial charge is 0.0576 e. The van der Waals surface area contributed by atoms with Crippen LogP contribution in [0.25, 0.3) is 0 Å². The molecule has 0 radical (unpaired) electrons. The van der Waals surface area contributed by atoms with Gasteiger partial charge < -0.3 is 10.1 Å². The van der Waals surface area contributed by atoms with Crippen LogP contribution < -0.4 is 5.32 Å². The third kappa shape index (κ3) is 2.91. The van der Waals surface area contributed by atoms with Gasteiger partial charge in [-0.1, -0.05) is 6.42 Å². The lowest BCUT2D eigenvalue weighted by atomic mass is 9.84. The summed E-state index contributed by atoms with van der Waals surface area (Å²) in [5.41, 5.74) is 0. The van der Waals surface area contributed by atoms with Crippen molar-refractivity contribution >= 4 is 0 Å². The third-order valence-electron chi connectivity index (χ3n) is 5.63. The van der Waals surface area contributed by atoms with Crippen molar-refractivity contribution < 1.29 is 4.74 Å². The first-order chi connectivity index (χ1) is 8.83. The van der Waals surface area contributed by atoms with E-state index >= 15 is 0 Å². The summed E-state index contributed by atoms with van der Waals surface area (Å²) in [6.45, 7) is 4.60. The van der Waals surface area contributed by atoms with Gasteiger partial charge in [-0.25, -0.2) is 0 Å². The van der Waals surface area contributed by atoms with E-state index in [1.807, 2.05) is 0 Å². The molecule has 0 aromatic heterocycles. The topological polar surface area (TPSA) is 21.3 Å². The Morgan fingerprint density at radius 3 is 2.83 bits per heavy atom. The fourth-order valence-corrected chi connectivity index (χ4v) is 4.59. The van der Waals surface area contributed by atoms with Crippen molar-refractivity contribution in [3.8, 4) is 0 Å². The van der Waals surface area contributed by atoms with Gasteiger partial charge in [-0.15, -0.1) is 0 Å². The normalized spacial score (nSPS) is 40.5. The summed E-state index contributed by atoms with van der Waals surface area (Å²) in [7, 11) is 0. The highest BCUT2D eigenvalue weighted by molar-refractivity contribution is 4.93. The Hall–Kier alpha value is -0.0800. The molecule has 5 unspecified atom stereocenters. The summed E-state index contributed by atoms with van der Waals surface area (Å²) in [5.74, 6) is 3.11. The van der Waals surface area contributed by atoms with Gasteiger partial charge in [0.2, 0.25) is 0 Å². The number of fused-ring (bicyclic) bond motifs is 2. The maximum atomic E-state index is 5.67. The van der Waals surface area contributed by atoms with Crippen LogP contribution in [0, 0.1) is 17.8 Å². The molecule has 3 aliphatic rings. The van der Waals surface area contributed by atoms with Gasteiger partial charge >= 0.3 is 0 Å². The van der Waals surface area contributed by atoms with Crippen LogP contribution >= 0.6 is 0 Å². The minimum absolute atomic E-state index is 0.574. The lowest BCUT2D eigenvalue weighted by molar-refractivity contribution is 0.102. The standard InChI is InChI=1S/C16H29NO/c1-12(16-11-13-6-7-14(16)10-13)17-8-2-4-15-5-3-9-18-15/h12-17H,2-11H2,1H3. The lowest BCUT2D eigenvalue weighted by Crippen LogP contribution is -2.37. The molecule has 0 amide bonds. The first-order valence-corrected chi connectivity index (χ1v) is 8.18. The van der Waals surface area contributed by atoms with Crippen LogP contribution in [0.15, 0.2) is 0 Å². The summed E-state index contributed by atoms with van der Waals surface area (Å²) in [6, 6.07) is 0.741. The van der Waals surface area contributed by atoms with Gasteiger partial charge in [-0.05, 0) is 76.2 Å². The number of hydrogen-bond acceptors (Lipinski definition) is 2. The molecule has 2 heteroatoms. The molecule has 1 aliphatic heterocycles. The Balaban J connectivity index is 1.30. The summed E-state index contributed by atoms with van der Waals surface area (Å²) in [4.78, 5) is 0. The van der Waals surface area contributed by atoms with Crippen LogP contribution in [0.3, 0.4) is 0 Å². The summed E-state index contributed by atoms with van der Waals surface area (Å²) in [5, 5.41) is 3.78.